The first-order valence-electron chi connectivity index (χ1n) is 6.88. The largest absolute Gasteiger partial charge is 0.377 e. The minimum absolute atomic E-state index is 0.481. The second-order valence-corrected chi connectivity index (χ2v) is 5.33. The number of rotatable bonds is 3. The fraction of sp³-hybridized carbons (Fsp3) is 1.00. The molecule has 3 nitrogen and oxygen atoms in total. The van der Waals surface area contributed by atoms with E-state index in [2.05, 4.69) is 17.3 Å². The van der Waals surface area contributed by atoms with Crippen LogP contribution in [0.3, 0.4) is 0 Å². The third-order valence-electron chi connectivity index (χ3n) is 3.86. The van der Waals surface area contributed by atoms with Gasteiger partial charge in [-0.05, 0) is 58.7 Å². The Morgan fingerprint density at radius 3 is 2.88 bits per heavy atom. The smallest absolute Gasteiger partial charge is 0.0699 e. The van der Waals surface area contributed by atoms with E-state index < -0.39 is 0 Å². The summed E-state index contributed by atoms with van der Waals surface area (Å²) in [5.41, 5.74) is 0. The average Bonchev–Trinajstić information content (AvgIpc) is 2.53. The van der Waals surface area contributed by atoms with Crippen LogP contribution >= 0.6 is 0 Å². The first-order chi connectivity index (χ1) is 7.84. The molecule has 0 aliphatic carbocycles. The normalized spacial score (nSPS) is 33.6. The summed E-state index contributed by atoms with van der Waals surface area (Å²) in [6, 6.07) is 0.718. The van der Waals surface area contributed by atoms with Crippen LogP contribution in [-0.4, -0.2) is 50.3 Å². The molecule has 0 saturated carbocycles. The highest BCUT2D eigenvalue weighted by atomic mass is 16.5. The van der Waals surface area contributed by atoms with Crippen LogP contribution in [-0.2, 0) is 4.74 Å². The van der Waals surface area contributed by atoms with Gasteiger partial charge >= 0.3 is 0 Å². The van der Waals surface area contributed by atoms with E-state index in [1.54, 1.807) is 0 Å². The van der Waals surface area contributed by atoms with Gasteiger partial charge in [0.25, 0.3) is 0 Å². The van der Waals surface area contributed by atoms with E-state index in [1.807, 2.05) is 0 Å². The number of hydrogen-bond acceptors (Lipinski definition) is 3. The molecule has 0 radical (unpaired) electrons. The monoisotopic (exact) mass is 226 g/mol. The van der Waals surface area contributed by atoms with E-state index in [0.717, 1.165) is 19.2 Å². The molecule has 94 valence electrons. The van der Waals surface area contributed by atoms with Crippen LogP contribution in [0.5, 0.6) is 0 Å². The maximum absolute atomic E-state index is 5.75. The van der Waals surface area contributed by atoms with Crippen molar-refractivity contribution in [2.45, 2.75) is 50.7 Å². The highest BCUT2D eigenvalue weighted by molar-refractivity contribution is 4.76. The molecule has 2 aliphatic rings. The molecular formula is C13H26N2O. The highest BCUT2D eigenvalue weighted by Crippen LogP contribution is 2.14. The van der Waals surface area contributed by atoms with Crippen LogP contribution < -0.4 is 5.32 Å². The van der Waals surface area contributed by atoms with Crippen molar-refractivity contribution in [1.82, 2.24) is 10.2 Å². The molecular weight excluding hydrogens is 200 g/mol. The summed E-state index contributed by atoms with van der Waals surface area (Å²) in [6.45, 7) is 4.54. The summed E-state index contributed by atoms with van der Waals surface area (Å²) in [6.07, 6.45) is 8.29. The fourth-order valence-electron chi connectivity index (χ4n) is 2.71. The zero-order chi connectivity index (χ0) is 11.2. The highest BCUT2D eigenvalue weighted by Gasteiger charge is 2.18. The lowest BCUT2D eigenvalue weighted by atomic mass is 10.1. The van der Waals surface area contributed by atoms with Gasteiger partial charge in [0.15, 0.2) is 0 Å². The van der Waals surface area contributed by atoms with Gasteiger partial charge in [0.1, 0.15) is 0 Å². The molecule has 2 fully saturated rings. The Labute approximate surface area is 99.5 Å². The fourth-order valence-corrected chi connectivity index (χ4v) is 2.71. The van der Waals surface area contributed by atoms with Crippen molar-refractivity contribution in [3.05, 3.63) is 0 Å². The number of hydrogen-bond donors (Lipinski definition) is 1. The quantitative estimate of drug-likeness (QED) is 0.791. The Balaban J connectivity index is 1.64. The SMILES string of the molecule is CN1CCCC(NCC2CCCCO2)CC1. The summed E-state index contributed by atoms with van der Waals surface area (Å²) < 4.78 is 5.75. The van der Waals surface area contributed by atoms with E-state index in [9.17, 15) is 0 Å². The van der Waals surface area contributed by atoms with Crippen molar-refractivity contribution in [3.8, 4) is 0 Å². The van der Waals surface area contributed by atoms with Crippen LogP contribution in [0.25, 0.3) is 0 Å². The van der Waals surface area contributed by atoms with Crippen LogP contribution in [0.1, 0.15) is 38.5 Å². The molecule has 2 saturated heterocycles. The Hall–Kier alpha value is -0.120. The predicted octanol–water partition coefficient (Wildman–Crippen LogP) is 1.63. The van der Waals surface area contributed by atoms with E-state index >= 15 is 0 Å². The number of likely N-dealkylation sites (tertiary alicyclic amines) is 1. The lowest BCUT2D eigenvalue weighted by Gasteiger charge is -2.25. The van der Waals surface area contributed by atoms with Gasteiger partial charge in [-0.2, -0.15) is 0 Å². The number of nitrogens with zero attached hydrogens (tertiary/aromatic N) is 1. The third-order valence-corrected chi connectivity index (χ3v) is 3.86. The maximum atomic E-state index is 5.75. The van der Waals surface area contributed by atoms with Gasteiger partial charge in [0, 0.05) is 19.2 Å². The molecule has 0 aromatic heterocycles. The van der Waals surface area contributed by atoms with Crippen molar-refractivity contribution in [3.63, 3.8) is 0 Å². The molecule has 16 heavy (non-hydrogen) atoms. The molecule has 2 heterocycles. The summed E-state index contributed by atoms with van der Waals surface area (Å²) in [4.78, 5) is 2.44. The topological polar surface area (TPSA) is 24.5 Å². The lowest BCUT2D eigenvalue weighted by molar-refractivity contribution is 0.0151. The minimum atomic E-state index is 0.481. The van der Waals surface area contributed by atoms with Gasteiger partial charge in [-0.1, -0.05) is 0 Å². The first kappa shape index (κ1) is 12.3. The zero-order valence-electron chi connectivity index (χ0n) is 10.6. The molecule has 0 aromatic rings. The van der Waals surface area contributed by atoms with Crippen molar-refractivity contribution < 1.29 is 4.74 Å². The molecule has 2 atom stereocenters. The van der Waals surface area contributed by atoms with Gasteiger partial charge in [-0.3, -0.25) is 0 Å². The molecule has 0 spiro atoms. The second kappa shape index (κ2) is 6.58. The standard InChI is InChI=1S/C13H26N2O/c1-15-8-4-5-12(7-9-15)14-11-13-6-2-3-10-16-13/h12-14H,2-11H2,1H3. The van der Waals surface area contributed by atoms with Crippen LogP contribution in [0.2, 0.25) is 0 Å². The summed E-state index contributed by atoms with van der Waals surface area (Å²) in [5, 5.41) is 3.70. The Kier molecular flexibility index (Phi) is 5.07. The summed E-state index contributed by atoms with van der Waals surface area (Å²) in [7, 11) is 2.23. The summed E-state index contributed by atoms with van der Waals surface area (Å²) >= 11 is 0. The van der Waals surface area contributed by atoms with Gasteiger partial charge in [-0.15, -0.1) is 0 Å². The van der Waals surface area contributed by atoms with Gasteiger partial charge < -0.3 is 15.0 Å². The molecule has 1 N–H and O–H groups in total. The molecule has 2 rings (SSSR count). The number of nitrogens with one attached hydrogen (secondary N) is 1. The van der Waals surface area contributed by atoms with Crippen LogP contribution in [0, 0.1) is 0 Å². The Bertz CT molecular complexity index is 192. The third kappa shape index (κ3) is 4.04. The first-order valence-corrected chi connectivity index (χ1v) is 6.88. The van der Waals surface area contributed by atoms with Crippen LogP contribution in [0.15, 0.2) is 0 Å². The second-order valence-electron chi connectivity index (χ2n) is 5.33. The van der Waals surface area contributed by atoms with Gasteiger partial charge in [0.2, 0.25) is 0 Å². The maximum Gasteiger partial charge on any atom is 0.0699 e. The molecule has 0 aromatic carbocycles. The van der Waals surface area contributed by atoms with Crippen molar-refractivity contribution >= 4 is 0 Å². The van der Waals surface area contributed by atoms with E-state index in [1.165, 1.54) is 51.6 Å². The molecule has 2 unspecified atom stereocenters. The van der Waals surface area contributed by atoms with E-state index in [4.69, 9.17) is 4.74 Å². The molecule has 0 bridgehead atoms. The van der Waals surface area contributed by atoms with Gasteiger partial charge in [0.05, 0.1) is 6.10 Å². The van der Waals surface area contributed by atoms with Crippen molar-refractivity contribution in [2.24, 2.45) is 0 Å². The van der Waals surface area contributed by atoms with E-state index in [0.29, 0.717) is 6.10 Å². The Morgan fingerprint density at radius 2 is 2.06 bits per heavy atom. The predicted molar refractivity (Wildman–Crippen MR) is 66.7 cm³/mol. The van der Waals surface area contributed by atoms with Gasteiger partial charge in [-0.25, -0.2) is 0 Å². The minimum Gasteiger partial charge on any atom is -0.377 e. The molecule has 3 heteroatoms. The van der Waals surface area contributed by atoms with Crippen LogP contribution in [0.4, 0.5) is 0 Å². The summed E-state index contributed by atoms with van der Waals surface area (Å²) in [5.74, 6) is 0. The van der Waals surface area contributed by atoms with Crippen molar-refractivity contribution in [2.75, 3.05) is 33.3 Å². The lowest BCUT2D eigenvalue weighted by Crippen LogP contribution is -2.38. The Morgan fingerprint density at radius 1 is 1.12 bits per heavy atom. The molecule has 0 amide bonds. The van der Waals surface area contributed by atoms with E-state index in [-0.39, 0.29) is 0 Å². The van der Waals surface area contributed by atoms with Crippen molar-refractivity contribution in [1.29, 1.82) is 0 Å². The number of ether oxygens (including phenoxy) is 1. The zero-order valence-corrected chi connectivity index (χ0v) is 10.6. The average molecular weight is 226 g/mol. The molecule has 2 aliphatic heterocycles.